The van der Waals surface area contributed by atoms with Crippen LogP contribution in [-0.4, -0.2) is 23.1 Å². The molecular formula is C17H20N4O. The minimum absolute atomic E-state index is 0.666. The lowest BCUT2D eigenvalue weighted by molar-refractivity contribution is 0.308. The SMILES string of the molecule is c1cc2cc(c1)OCCCCNc1nc(nc3c1CCC3)N2. The van der Waals surface area contributed by atoms with Crippen LogP contribution in [0.5, 0.6) is 5.75 Å². The van der Waals surface area contributed by atoms with Crippen molar-refractivity contribution in [3.63, 3.8) is 0 Å². The molecule has 2 heterocycles. The molecule has 0 atom stereocenters. The first-order valence-corrected chi connectivity index (χ1v) is 8.02. The quantitative estimate of drug-likeness (QED) is 0.781. The summed E-state index contributed by atoms with van der Waals surface area (Å²) in [6, 6.07) is 7.99. The van der Waals surface area contributed by atoms with E-state index in [1.807, 2.05) is 24.3 Å². The predicted molar refractivity (Wildman–Crippen MR) is 87.0 cm³/mol. The van der Waals surface area contributed by atoms with Gasteiger partial charge < -0.3 is 15.4 Å². The number of hydrogen-bond donors (Lipinski definition) is 2. The number of anilines is 3. The minimum atomic E-state index is 0.666. The molecule has 0 radical (unpaired) electrons. The van der Waals surface area contributed by atoms with Gasteiger partial charge in [-0.3, -0.25) is 0 Å². The van der Waals surface area contributed by atoms with Gasteiger partial charge in [0.2, 0.25) is 5.95 Å². The highest BCUT2D eigenvalue weighted by Crippen LogP contribution is 2.29. The molecule has 5 heteroatoms. The van der Waals surface area contributed by atoms with Gasteiger partial charge in [0.05, 0.1) is 12.3 Å². The van der Waals surface area contributed by atoms with Crippen LogP contribution in [0.2, 0.25) is 0 Å². The van der Waals surface area contributed by atoms with Gasteiger partial charge in [-0.2, -0.15) is 4.98 Å². The summed E-state index contributed by atoms with van der Waals surface area (Å²) in [6.45, 7) is 1.66. The summed E-state index contributed by atoms with van der Waals surface area (Å²) in [5, 5.41) is 6.79. The van der Waals surface area contributed by atoms with Crippen molar-refractivity contribution in [2.75, 3.05) is 23.8 Å². The van der Waals surface area contributed by atoms with E-state index in [-0.39, 0.29) is 0 Å². The third kappa shape index (κ3) is 2.71. The van der Waals surface area contributed by atoms with E-state index >= 15 is 0 Å². The molecule has 1 aliphatic carbocycles. The van der Waals surface area contributed by atoms with Crippen LogP contribution in [-0.2, 0) is 12.8 Å². The molecule has 0 amide bonds. The summed E-state index contributed by atoms with van der Waals surface area (Å²) >= 11 is 0. The first-order chi connectivity index (χ1) is 10.9. The summed E-state index contributed by atoms with van der Waals surface area (Å²) in [5.41, 5.74) is 3.44. The largest absolute Gasteiger partial charge is 0.494 e. The fourth-order valence-corrected chi connectivity index (χ4v) is 3.05. The van der Waals surface area contributed by atoms with Gasteiger partial charge in [0, 0.05) is 23.9 Å². The van der Waals surface area contributed by atoms with Crippen LogP contribution < -0.4 is 15.4 Å². The number of nitrogens with zero attached hydrogens (tertiary/aromatic N) is 2. The van der Waals surface area contributed by atoms with Gasteiger partial charge in [-0.25, -0.2) is 4.98 Å². The molecule has 1 aromatic heterocycles. The van der Waals surface area contributed by atoms with E-state index in [2.05, 4.69) is 20.6 Å². The Morgan fingerprint density at radius 1 is 1.05 bits per heavy atom. The molecule has 0 saturated heterocycles. The summed E-state index contributed by atoms with van der Waals surface area (Å²) in [5.74, 6) is 2.56. The smallest absolute Gasteiger partial charge is 0.229 e. The first kappa shape index (κ1) is 13.4. The van der Waals surface area contributed by atoms with Crippen LogP contribution in [0.25, 0.3) is 0 Å². The number of hydrogen-bond acceptors (Lipinski definition) is 5. The zero-order valence-corrected chi connectivity index (χ0v) is 12.6. The third-order valence-electron chi connectivity index (χ3n) is 4.16. The standard InChI is InChI=1S/C17H20N4O/c1-2-10-22-13-6-3-5-12(11-13)19-17-20-15-8-4-7-14(15)16(21-17)18-9-1/h3,5-6,11H,1-2,4,7-10H2,(H2,18,19,20,21). The molecule has 2 aromatic rings. The Hall–Kier alpha value is -2.30. The molecule has 1 aliphatic heterocycles. The Bertz CT molecular complexity index is 686. The number of aromatic nitrogens is 2. The number of aryl methyl sites for hydroxylation is 1. The second-order valence-electron chi connectivity index (χ2n) is 5.81. The van der Waals surface area contributed by atoms with Gasteiger partial charge in [0.1, 0.15) is 11.6 Å². The van der Waals surface area contributed by atoms with Crippen LogP contribution in [0, 0.1) is 0 Å². The van der Waals surface area contributed by atoms with E-state index in [0.29, 0.717) is 5.95 Å². The first-order valence-electron chi connectivity index (χ1n) is 8.02. The van der Waals surface area contributed by atoms with E-state index in [9.17, 15) is 0 Å². The van der Waals surface area contributed by atoms with E-state index < -0.39 is 0 Å². The van der Waals surface area contributed by atoms with Crippen molar-refractivity contribution in [1.29, 1.82) is 0 Å². The maximum atomic E-state index is 5.79. The van der Waals surface area contributed by atoms with Gasteiger partial charge in [-0.05, 0) is 44.2 Å². The average Bonchev–Trinajstić information content (AvgIpc) is 2.99. The molecule has 5 nitrogen and oxygen atoms in total. The molecule has 1 aromatic carbocycles. The Labute approximate surface area is 130 Å². The number of ether oxygens (including phenoxy) is 1. The number of fused-ring (bicyclic) bond motifs is 6. The monoisotopic (exact) mass is 296 g/mol. The van der Waals surface area contributed by atoms with Crippen molar-refractivity contribution in [3.8, 4) is 5.75 Å². The Balaban J connectivity index is 1.72. The number of benzene rings is 1. The van der Waals surface area contributed by atoms with Gasteiger partial charge in [-0.1, -0.05) is 6.07 Å². The van der Waals surface area contributed by atoms with Crippen LogP contribution in [0.1, 0.15) is 30.5 Å². The molecule has 0 spiro atoms. The lowest BCUT2D eigenvalue weighted by atomic mass is 10.2. The van der Waals surface area contributed by atoms with Gasteiger partial charge in [0.25, 0.3) is 0 Å². The van der Waals surface area contributed by atoms with Crippen molar-refractivity contribution in [2.24, 2.45) is 0 Å². The topological polar surface area (TPSA) is 59.1 Å². The van der Waals surface area contributed by atoms with E-state index in [4.69, 9.17) is 4.74 Å². The van der Waals surface area contributed by atoms with Crippen LogP contribution >= 0.6 is 0 Å². The zero-order chi connectivity index (χ0) is 14.8. The molecule has 4 rings (SSSR count). The second-order valence-corrected chi connectivity index (χ2v) is 5.81. The van der Waals surface area contributed by atoms with E-state index in [1.54, 1.807) is 0 Å². The van der Waals surface area contributed by atoms with Crippen molar-refractivity contribution < 1.29 is 4.74 Å². The zero-order valence-electron chi connectivity index (χ0n) is 12.6. The van der Waals surface area contributed by atoms with Crippen molar-refractivity contribution in [2.45, 2.75) is 32.1 Å². The summed E-state index contributed by atoms with van der Waals surface area (Å²) in [7, 11) is 0. The Kier molecular flexibility index (Phi) is 3.54. The molecule has 4 bridgehead atoms. The minimum Gasteiger partial charge on any atom is -0.494 e. The number of rotatable bonds is 0. The molecule has 2 N–H and O–H groups in total. The lowest BCUT2D eigenvalue weighted by Gasteiger charge is -2.12. The normalized spacial score (nSPS) is 16.9. The van der Waals surface area contributed by atoms with Crippen molar-refractivity contribution in [1.82, 2.24) is 9.97 Å². The Morgan fingerprint density at radius 3 is 3.05 bits per heavy atom. The molecule has 22 heavy (non-hydrogen) atoms. The molecule has 0 fully saturated rings. The summed E-state index contributed by atoms with van der Waals surface area (Å²) in [6.07, 6.45) is 5.40. The van der Waals surface area contributed by atoms with Crippen molar-refractivity contribution in [3.05, 3.63) is 35.5 Å². The summed E-state index contributed by atoms with van der Waals surface area (Å²) in [4.78, 5) is 9.37. The average molecular weight is 296 g/mol. The Morgan fingerprint density at radius 2 is 2.05 bits per heavy atom. The number of nitrogens with one attached hydrogen (secondary N) is 2. The predicted octanol–water partition coefficient (Wildman–Crippen LogP) is 3.29. The third-order valence-corrected chi connectivity index (χ3v) is 4.16. The highest BCUT2D eigenvalue weighted by atomic mass is 16.5. The molecule has 0 unspecified atom stereocenters. The van der Waals surface area contributed by atoms with E-state index in [0.717, 1.165) is 56.1 Å². The maximum absolute atomic E-state index is 5.79. The highest BCUT2D eigenvalue weighted by Gasteiger charge is 2.19. The second kappa shape index (κ2) is 5.83. The maximum Gasteiger partial charge on any atom is 0.229 e. The molecule has 114 valence electrons. The molecule has 0 saturated carbocycles. The fourth-order valence-electron chi connectivity index (χ4n) is 3.05. The van der Waals surface area contributed by atoms with E-state index in [1.165, 1.54) is 17.7 Å². The van der Waals surface area contributed by atoms with Gasteiger partial charge >= 0.3 is 0 Å². The molecular weight excluding hydrogens is 276 g/mol. The lowest BCUT2D eigenvalue weighted by Crippen LogP contribution is -2.10. The van der Waals surface area contributed by atoms with Crippen LogP contribution in [0.15, 0.2) is 24.3 Å². The van der Waals surface area contributed by atoms with Crippen LogP contribution in [0.4, 0.5) is 17.5 Å². The van der Waals surface area contributed by atoms with Gasteiger partial charge in [-0.15, -0.1) is 0 Å². The highest BCUT2D eigenvalue weighted by molar-refractivity contribution is 5.59. The van der Waals surface area contributed by atoms with Crippen molar-refractivity contribution >= 4 is 17.5 Å². The van der Waals surface area contributed by atoms with Gasteiger partial charge in [0.15, 0.2) is 0 Å². The summed E-state index contributed by atoms with van der Waals surface area (Å²) < 4.78 is 5.79. The molecule has 2 aliphatic rings. The van der Waals surface area contributed by atoms with Crippen LogP contribution in [0.3, 0.4) is 0 Å². The fraction of sp³-hybridized carbons (Fsp3) is 0.412.